The van der Waals surface area contributed by atoms with Crippen molar-refractivity contribution in [2.75, 3.05) is 0 Å². The molecule has 104 valence electrons. The molecule has 0 unspecified atom stereocenters. The van der Waals surface area contributed by atoms with Crippen molar-refractivity contribution in [2.24, 2.45) is 0 Å². The van der Waals surface area contributed by atoms with Crippen molar-refractivity contribution in [1.29, 1.82) is 0 Å². The molecule has 4 heteroatoms. The van der Waals surface area contributed by atoms with Crippen molar-refractivity contribution in [3.8, 4) is 11.5 Å². The molecule has 2 rings (SSSR count). The van der Waals surface area contributed by atoms with E-state index >= 15 is 0 Å². The largest absolute Gasteiger partial charge is 0.478 e. The summed E-state index contributed by atoms with van der Waals surface area (Å²) in [6.45, 7) is 4.22. The third-order valence-electron chi connectivity index (χ3n) is 2.88. The fraction of sp³-hybridized carbons (Fsp3) is 0.188. The van der Waals surface area contributed by atoms with Gasteiger partial charge in [0.25, 0.3) is 0 Å². The Morgan fingerprint density at radius 2 is 1.90 bits per heavy atom. The zero-order valence-electron chi connectivity index (χ0n) is 11.3. The third-order valence-corrected chi connectivity index (χ3v) is 3.34. The van der Waals surface area contributed by atoms with Crippen molar-refractivity contribution < 1.29 is 14.6 Å². The number of halogens is 1. The van der Waals surface area contributed by atoms with Gasteiger partial charge in [-0.05, 0) is 41.8 Å². The number of ether oxygens (including phenoxy) is 1. The molecule has 2 aromatic carbocycles. The summed E-state index contributed by atoms with van der Waals surface area (Å²) in [5.41, 5.74) is 1.37. The van der Waals surface area contributed by atoms with Gasteiger partial charge in [-0.3, -0.25) is 0 Å². The smallest absolute Gasteiger partial charge is 0.335 e. The number of rotatable bonds is 4. The fourth-order valence-corrected chi connectivity index (χ4v) is 2.29. The quantitative estimate of drug-likeness (QED) is 0.849. The number of hydrogen-bond acceptors (Lipinski definition) is 2. The monoisotopic (exact) mass is 334 g/mol. The molecule has 0 amide bonds. The molecule has 0 saturated heterocycles. The van der Waals surface area contributed by atoms with Crippen LogP contribution in [0.4, 0.5) is 0 Å². The molecular weight excluding hydrogens is 320 g/mol. The Kier molecular flexibility index (Phi) is 4.45. The lowest BCUT2D eigenvalue weighted by atomic mass is 10.0. The van der Waals surface area contributed by atoms with Gasteiger partial charge in [-0.25, -0.2) is 4.79 Å². The predicted molar refractivity (Wildman–Crippen MR) is 81.7 cm³/mol. The molecule has 0 radical (unpaired) electrons. The van der Waals surface area contributed by atoms with Crippen LogP contribution in [0.1, 0.15) is 35.7 Å². The standard InChI is InChI=1S/C16H15BrO3/c1-10(2)11-4-3-5-14(7-11)20-15-8-12(16(18)19)6-13(17)9-15/h3-10H,1-2H3,(H,18,19). The van der Waals surface area contributed by atoms with E-state index < -0.39 is 5.97 Å². The molecule has 0 atom stereocenters. The van der Waals surface area contributed by atoms with Gasteiger partial charge < -0.3 is 9.84 Å². The van der Waals surface area contributed by atoms with Crippen LogP contribution in [0.5, 0.6) is 11.5 Å². The maximum atomic E-state index is 11.0. The molecule has 2 aromatic rings. The number of carboxylic acid groups (broad SMARTS) is 1. The van der Waals surface area contributed by atoms with E-state index in [-0.39, 0.29) is 5.56 Å². The molecule has 0 aliphatic heterocycles. The van der Waals surface area contributed by atoms with Gasteiger partial charge in [0.2, 0.25) is 0 Å². The lowest BCUT2D eigenvalue weighted by Crippen LogP contribution is -1.97. The first-order valence-corrected chi connectivity index (χ1v) is 7.06. The summed E-state index contributed by atoms with van der Waals surface area (Å²) in [5, 5.41) is 9.04. The van der Waals surface area contributed by atoms with Crippen molar-refractivity contribution in [1.82, 2.24) is 0 Å². The van der Waals surface area contributed by atoms with Gasteiger partial charge >= 0.3 is 5.97 Å². The number of carboxylic acids is 1. The third kappa shape index (κ3) is 3.61. The zero-order chi connectivity index (χ0) is 14.7. The Morgan fingerprint density at radius 3 is 2.55 bits per heavy atom. The van der Waals surface area contributed by atoms with Crippen molar-refractivity contribution >= 4 is 21.9 Å². The van der Waals surface area contributed by atoms with E-state index in [0.29, 0.717) is 21.9 Å². The SMILES string of the molecule is CC(C)c1cccc(Oc2cc(Br)cc(C(=O)O)c2)c1. The van der Waals surface area contributed by atoms with Crippen molar-refractivity contribution in [3.63, 3.8) is 0 Å². The van der Waals surface area contributed by atoms with Crippen LogP contribution in [-0.2, 0) is 0 Å². The Morgan fingerprint density at radius 1 is 1.15 bits per heavy atom. The first-order chi connectivity index (χ1) is 9.45. The zero-order valence-corrected chi connectivity index (χ0v) is 12.8. The molecule has 20 heavy (non-hydrogen) atoms. The van der Waals surface area contributed by atoms with Gasteiger partial charge in [0, 0.05) is 4.47 Å². The number of benzene rings is 2. The molecular formula is C16H15BrO3. The van der Waals surface area contributed by atoms with E-state index in [1.54, 1.807) is 12.1 Å². The van der Waals surface area contributed by atoms with Gasteiger partial charge in [0.1, 0.15) is 11.5 Å². The van der Waals surface area contributed by atoms with Gasteiger partial charge in [-0.2, -0.15) is 0 Å². The second-order valence-corrected chi connectivity index (χ2v) is 5.73. The molecule has 0 bridgehead atoms. The van der Waals surface area contributed by atoms with Gasteiger partial charge in [-0.1, -0.05) is 41.9 Å². The fourth-order valence-electron chi connectivity index (χ4n) is 1.82. The lowest BCUT2D eigenvalue weighted by Gasteiger charge is -2.10. The minimum atomic E-state index is -0.980. The first kappa shape index (κ1) is 14.6. The predicted octanol–water partition coefficient (Wildman–Crippen LogP) is 5.06. The van der Waals surface area contributed by atoms with Gasteiger partial charge in [0.15, 0.2) is 0 Å². The second kappa shape index (κ2) is 6.09. The van der Waals surface area contributed by atoms with Gasteiger partial charge in [0.05, 0.1) is 5.56 Å². The van der Waals surface area contributed by atoms with Crippen LogP contribution in [-0.4, -0.2) is 11.1 Å². The topological polar surface area (TPSA) is 46.5 Å². The van der Waals surface area contributed by atoms with E-state index in [1.807, 2.05) is 24.3 Å². The van der Waals surface area contributed by atoms with Crippen LogP contribution in [0.3, 0.4) is 0 Å². The summed E-state index contributed by atoms with van der Waals surface area (Å²) in [4.78, 5) is 11.0. The van der Waals surface area contributed by atoms with Crippen LogP contribution in [0.2, 0.25) is 0 Å². The molecule has 0 fully saturated rings. The average molecular weight is 335 g/mol. The second-order valence-electron chi connectivity index (χ2n) is 4.81. The summed E-state index contributed by atoms with van der Waals surface area (Å²) in [7, 11) is 0. The summed E-state index contributed by atoms with van der Waals surface area (Å²) in [5.74, 6) is 0.631. The Hall–Kier alpha value is -1.81. The highest BCUT2D eigenvalue weighted by Gasteiger charge is 2.08. The number of carbonyl (C=O) groups is 1. The number of aromatic carboxylic acids is 1. The lowest BCUT2D eigenvalue weighted by molar-refractivity contribution is 0.0696. The van der Waals surface area contributed by atoms with Crippen LogP contribution < -0.4 is 4.74 Å². The summed E-state index contributed by atoms with van der Waals surface area (Å²) >= 11 is 3.29. The minimum Gasteiger partial charge on any atom is -0.478 e. The summed E-state index contributed by atoms with van der Waals surface area (Å²) < 4.78 is 6.42. The van der Waals surface area contributed by atoms with E-state index in [9.17, 15) is 4.79 Å². The van der Waals surface area contributed by atoms with E-state index in [2.05, 4.69) is 29.8 Å². The highest BCUT2D eigenvalue weighted by atomic mass is 79.9. The molecule has 3 nitrogen and oxygen atoms in total. The summed E-state index contributed by atoms with van der Waals surface area (Å²) in [6, 6.07) is 12.6. The van der Waals surface area contributed by atoms with Crippen LogP contribution in [0, 0.1) is 0 Å². The Labute approximate surface area is 126 Å². The molecule has 0 aromatic heterocycles. The minimum absolute atomic E-state index is 0.189. The van der Waals surface area contributed by atoms with E-state index in [1.165, 1.54) is 11.6 Å². The van der Waals surface area contributed by atoms with Crippen molar-refractivity contribution in [3.05, 3.63) is 58.1 Å². The van der Waals surface area contributed by atoms with Crippen molar-refractivity contribution in [2.45, 2.75) is 19.8 Å². The Bertz CT molecular complexity index is 635. The van der Waals surface area contributed by atoms with Crippen LogP contribution in [0.25, 0.3) is 0 Å². The molecule has 0 saturated carbocycles. The number of hydrogen-bond donors (Lipinski definition) is 1. The summed E-state index contributed by atoms with van der Waals surface area (Å²) in [6.07, 6.45) is 0. The highest BCUT2D eigenvalue weighted by Crippen LogP contribution is 2.28. The van der Waals surface area contributed by atoms with E-state index in [4.69, 9.17) is 9.84 Å². The normalized spacial score (nSPS) is 10.6. The maximum absolute atomic E-state index is 11.0. The maximum Gasteiger partial charge on any atom is 0.335 e. The molecule has 1 N–H and O–H groups in total. The van der Waals surface area contributed by atoms with Crippen LogP contribution in [0.15, 0.2) is 46.9 Å². The highest BCUT2D eigenvalue weighted by molar-refractivity contribution is 9.10. The van der Waals surface area contributed by atoms with Gasteiger partial charge in [-0.15, -0.1) is 0 Å². The molecule has 0 spiro atoms. The molecule has 0 aliphatic rings. The molecule has 0 aliphatic carbocycles. The first-order valence-electron chi connectivity index (χ1n) is 6.27. The average Bonchev–Trinajstić information content (AvgIpc) is 2.38. The Balaban J connectivity index is 2.30. The van der Waals surface area contributed by atoms with Crippen LogP contribution >= 0.6 is 15.9 Å². The molecule has 0 heterocycles. The van der Waals surface area contributed by atoms with E-state index in [0.717, 1.165) is 0 Å².